The second-order valence-electron chi connectivity index (χ2n) is 5.44. The number of aliphatic imine (C=N–C) groups is 1. The summed E-state index contributed by atoms with van der Waals surface area (Å²) in [6.07, 6.45) is 1.93. The van der Waals surface area contributed by atoms with Crippen molar-refractivity contribution in [3.8, 4) is 0 Å². The second-order valence-corrected chi connectivity index (χ2v) is 7.69. The first-order valence-corrected chi connectivity index (χ1v) is 9.69. The van der Waals surface area contributed by atoms with Crippen LogP contribution >= 0.6 is 46.7 Å². The van der Waals surface area contributed by atoms with E-state index in [1.54, 1.807) is 11.3 Å². The largest absolute Gasteiger partial charge is 0.360 e. The summed E-state index contributed by atoms with van der Waals surface area (Å²) in [7, 11) is 0. The van der Waals surface area contributed by atoms with Crippen LogP contribution in [0.25, 0.3) is 0 Å². The SMILES string of the molecule is CCNC(=NCc1cnc(C)s1)N1CCN(c2cccs2)CC1.I. The average molecular weight is 477 g/mol. The zero-order valence-electron chi connectivity index (χ0n) is 14.1. The van der Waals surface area contributed by atoms with Crippen LogP contribution in [0.2, 0.25) is 0 Å². The van der Waals surface area contributed by atoms with Crippen molar-refractivity contribution in [2.75, 3.05) is 37.6 Å². The lowest BCUT2D eigenvalue weighted by Crippen LogP contribution is -2.52. The smallest absolute Gasteiger partial charge is 0.194 e. The van der Waals surface area contributed by atoms with Crippen LogP contribution in [0.1, 0.15) is 16.8 Å². The normalized spacial score (nSPS) is 15.3. The van der Waals surface area contributed by atoms with Crippen molar-refractivity contribution in [1.82, 2.24) is 15.2 Å². The highest BCUT2D eigenvalue weighted by atomic mass is 127. The van der Waals surface area contributed by atoms with E-state index in [-0.39, 0.29) is 24.0 Å². The fraction of sp³-hybridized carbons (Fsp3) is 0.500. The van der Waals surface area contributed by atoms with Crippen LogP contribution in [-0.4, -0.2) is 48.6 Å². The Hall–Kier alpha value is -0.870. The molecule has 24 heavy (non-hydrogen) atoms. The van der Waals surface area contributed by atoms with Gasteiger partial charge in [-0.1, -0.05) is 0 Å². The first-order valence-electron chi connectivity index (χ1n) is 7.99. The van der Waals surface area contributed by atoms with Crippen LogP contribution in [0, 0.1) is 6.92 Å². The molecular weight excluding hydrogens is 453 g/mol. The molecule has 0 aromatic carbocycles. The van der Waals surface area contributed by atoms with Gasteiger partial charge >= 0.3 is 0 Å². The number of anilines is 1. The molecule has 3 rings (SSSR count). The van der Waals surface area contributed by atoms with Crippen LogP contribution in [0.4, 0.5) is 5.00 Å². The van der Waals surface area contributed by atoms with Gasteiger partial charge in [0.15, 0.2) is 5.96 Å². The number of nitrogens with zero attached hydrogens (tertiary/aromatic N) is 4. The van der Waals surface area contributed by atoms with Crippen LogP contribution in [-0.2, 0) is 6.54 Å². The molecule has 0 aliphatic carbocycles. The lowest BCUT2D eigenvalue weighted by atomic mass is 10.3. The van der Waals surface area contributed by atoms with E-state index in [9.17, 15) is 0 Å². The summed E-state index contributed by atoms with van der Waals surface area (Å²) in [6, 6.07) is 4.32. The van der Waals surface area contributed by atoms with E-state index in [4.69, 9.17) is 4.99 Å². The van der Waals surface area contributed by atoms with Gasteiger partial charge in [-0.25, -0.2) is 9.98 Å². The number of piperazine rings is 1. The summed E-state index contributed by atoms with van der Waals surface area (Å²) in [5, 5.41) is 8.04. The molecule has 8 heteroatoms. The molecule has 0 saturated carbocycles. The third kappa shape index (κ3) is 5.06. The number of rotatable bonds is 4. The third-order valence-corrected chi connectivity index (χ3v) is 5.61. The van der Waals surface area contributed by atoms with Gasteiger partial charge in [-0.05, 0) is 31.4 Å². The molecule has 1 N–H and O–H groups in total. The number of halogens is 1. The minimum Gasteiger partial charge on any atom is -0.360 e. The van der Waals surface area contributed by atoms with Gasteiger partial charge in [0.05, 0.1) is 16.6 Å². The minimum atomic E-state index is 0. The van der Waals surface area contributed by atoms with Gasteiger partial charge in [0, 0.05) is 43.8 Å². The topological polar surface area (TPSA) is 43.8 Å². The predicted molar refractivity (Wildman–Crippen MR) is 115 cm³/mol. The second kappa shape index (κ2) is 9.57. The molecule has 3 heterocycles. The van der Waals surface area contributed by atoms with Gasteiger partial charge in [-0.2, -0.15) is 0 Å². The summed E-state index contributed by atoms with van der Waals surface area (Å²) in [6.45, 7) is 9.86. The number of thiazole rings is 1. The number of aromatic nitrogens is 1. The Kier molecular flexibility index (Phi) is 7.76. The molecule has 1 fully saturated rings. The Labute approximate surface area is 168 Å². The maximum atomic E-state index is 4.79. The maximum absolute atomic E-state index is 4.79. The number of guanidine groups is 1. The molecule has 0 bridgehead atoms. The number of hydrogen-bond donors (Lipinski definition) is 1. The molecule has 5 nitrogen and oxygen atoms in total. The standard InChI is InChI=1S/C16H23N5S2.HI/c1-3-17-16(19-12-14-11-18-13(2)23-14)21-8-6-20(7-9-21)15-5-4-10-22-15;/h4-5,10-11H,3,6-9,12H2,1-2H3,(H,17,19);1H. The molecule has 2 aromatic rings. The quantitative estimate of drug-likeness (QED) is 0.417. The maximum Gasteiger partial charge on any atom is 0.194 e. The van der Waals surface area contributed by atoms with Crippen molar-refractivity contribution in [3.63, 3.8) is 0 Å². The fourth-order valence-electron chi connectivity index (χ4n) is 2.65. The van der Waals surface area contributed by atoms with Crippen molar-refractivity contribution >= 4 is 57.6 Å². The lowest BCUT2D eigenvalue weighted by molar-refractivity contribution is 0.373. The number of thiophene rings is 1. The Morgan fingerprint density at radius 2 is 2.12 bits per heavy atom. The zero-order valence-corrected chi connectivity index (χ0v) is 18.0. The van der Waals surface area contributed by atoms with Crippen LogP contribution < -0.4 is 10.2 Å². The Morgan fingerprint density at radius 3 is 2.71 bits per heavy atom. The van der Waals surface area contributed by atoms with E-state index in [1.165, 1.54) is 9.88 Å². The van der Waals surface area contributed by atoms with Crippen molar-refractivity contribution in [3.05, 3.63) is 33.6 Å². The first-order chi connectivity index (χ1) is 11.3. The Morgan fingerprint density at radius 1 is 1.33 bits per heavy atom. The van der Waals surface area contributed by atoms with Crippen LogP contribution in [0.3, 0.4) is 0 Å². The zero-order chi connectivity index (χ0) is 16.1. The summed E-state index contributed by atoms with van der Waals surface area (Å²) in [5.41, 5.74) is 0. The molecule has 0 unspecified atom stereocenters. The van der Waals surface area contributed by atoms with Gasteiger partial charge in [0.25, 0.3) is 0 Å². The molecule has 1 aliphatic rings. The summed E-state index contributed by atoms with van der Waals surface area (Å²) >= 11 is 3.54. The van der Waals surface area contributed by atoms with Gasteiger partial charge in [-0.15, -0.1) is 46.7 Å². The van der Waals surface area contributed by atoms with E-state index in [0.717, 1.165) is 43.7 Å². The fourth-order valence-corrected chi connectivity index (χ4v) is 4.15. The highest BCUT2D eigenvalue weighted by Gasteiger charge is 2.20. The van der Waals surface area contributed by atoms with Crippen LogP contribution in [0.15, 0.2) is 28.7 Å². The molecule has 0 spiro atoms. The highest BCUT2D eigenvalue weighted by Crippen LogP contribution is 2.22. The third-order valence-electron chi connectivity index (χ3n) is 3.79. The molecule has 0 radical (unpaired) electrons. The lowest BCUT2D eigenvalue weighted by Gasteiger charge is -2.37. The van der Waals surface area contributed by atoms with E-state index in [0.29, 0.717) is 6.54 Å². The van der Waals surface area contributed by atoms with Crippen molar-refractivity contribution in [2.45, 2.75) is 20.4 Å². The molecule has 1 aliphatic heterocycles. The number of aryl methyl sites for hydroxylation is 1. The molecule has 0 amide bonds. The van der Waals surface area contributed by atoms with Crippen molar-refractivity contribution in [1.29, 1.82) is 0 Å². The minimum absolute atomic E-state index is 0. The highest BCUT2D eigenvalue weighted by molar-refractivity contribution is 14.0. The Bertz CT molecular complexity index is 633. The van der Waals surface area contributed by atoms with E-state index >= 15 is 0 Å². The first kappa shape index (κ1) is 19.5. The van der Waals surface area contributed by atoms with E-state index in [2.05, 4.69) is 44.5 Å². The summed E-state index contributed by atoms with van der Waals surface area (Å²) < 4.78 is 0. The van der Waals surface area contributed by atoms with Crippen molar-refractivity contribution < 1.29 is 0 Å². The van der Waals surface area contributed by atoms with Gasteiger partial charge < -0.3 is 15.1 Å². The van der Waals surface area contributed by atoms with Crippen LogP contribution in [0.5, 0.6) is 0 Å². The molecule has 132 valence electrons. The van der Waals surface area contributed by atoms with E-state index < -0.39 is 0 Å². The van der Waals surface area contributed by atoms with Crippen molar-refractivity contribution in [2.24, 2.45) is 4.99 Å². The molecule has 1 saturated heterocycles. The van der Waals surface area contributed by atoms with Gasteiger partial charge in [0.2, 0.25) is 0 Å². The predicted octanol–water partition coefficient (Wildman–Crippen LogP) is 3.42. The molecular formula is C16H24IN5S2. The van der Waals surface area contributed by atoms with Gasteiger partial charge in [-0.3, -0.25) is 0 Å². The summed E-state index contributed by atoms with van der Waals surface area (Å²) in [5.74, 6) is 1.02. The molecule has 0 atom stereocenters. The van der Waals surface area contributed by atoms with Gasteiger partial charge in [0.1, 0.15) is 0 Å². The summed E-state index contributed by atoms with van der Waals surface area (Å²) in [4.78, 5) is 15.1. The molecule has 2 aromatic heterocycles. The Balaban J connectivity index is 0.00000208. The average Bonchev–Trinajstić information content (AvgIpc) is 3.23. The number of hydrogen-bond acceptors (Lipinski definition) is 5. The number of nitrogens with one attached hydrogen (secondary N) is 1. The van der Waals surface area contributed by atoms with E-state index in [1.807, 2.05) is 24.5 Å². The monoisotopic (exact) mass is 477 g/mol.